The van der Waals surface area contributed by atoms with Crippen molar-refractivity contribution in [2.45, 2.75) is 44.9 Å². The first-order chi connectivity index (χ1) is 13.8. The zero-order valence-corrected chi connectivity index (χ0v) is 17.4. The number of fused-ring (bicyclic) bond motifs is 1. The monoisotopic (exact) mass is 398 g/mol. The van der Waals surface area contributed by atoms with E-state index < -0.39 is 0 Å². The molecule has 2 atom stereocenters. The molecule has 150 valence electrons. The number of nitrogens with one attached hydrogen (secondary N) is 1. The van der Waals surface area contributed by atoms with Crippen LogP contribution in [0.25, 0.3) is 0 Å². The lowest BCUT2D eigenvalue weighted by Gasteiger charge is -2.26. The molecular weight excluding hydrogens is 368 g/mol. The molecule has 28 heavy (non-hydrogen) atoms. The van der Waals surface area contributed by atoms with Gasteiger partial charge in [-0.2, -0.15) is 0 Å². The molecule has 2 aliphatic heterocycles. The second-order valence-corrected chi connectivity index (χ2v) is 8.60. The quantitative estimate of drug-likeness (QED) is 0.510. The van der Waals surface area contributed by atoms with E-state index in [0.29, 0.717) is 12.6 Å². The van der Waals surface area contributed by atoms with Crippen molar-refractivity contribution in [2.75, 3.05) is 25.4 Å². The summed E-state index contributed by atoms with van der Waals surface area (Å²) >= 11 is 2.02. The second-order valence-electron chi connectivity index (χ2n) is 7.46. The Morgan fingerprint density at radius 3 is 2.71 bits per heavy atom. The summed E-state index contributed by atoms with van der Waals surface area (Å²) < 4.78 is 14.5. The third kappa shape index (κ3) is 4.83. The molecule has 0 aliphatic carbocycles. The fourth-order valence-electron chi connectivity index (χ4n) is 3.84. The predicted octanol–water partition coefficient (Wildman–Crippen LogP) is 4.81. The van der Waals surface area contributed by atoms with Crippen LogP contribution >= 0.6 is 11.9 Å². The molecule has 0 spiro atoms. The molecule has 1 fully saturated rings. The van der Waals surface area contributed by atoms with Crippen molar-refractivity contribution in [3.63, 3.8) is 0 Å². The van der Waals surface area contributed by atoms with Gasteiger partial charge in [0.15, 0.2) is 17.6 Å². The molecule has 2 aromatic rings. The van der Waals surface area contributed by atoms with E-state index in [9.17, 15) is 0 Å². The average Bonchev–Trinajstić information content (AvgIpc) is 3.28. The molecule has 4 rings (SSSR count). The van der Waals surface area contributed by atoms with Gasteiger partial charge in [-0.1, -0.05) is 55.3 Å². The smallest absolute Gasteiger partial charge is 0.162 e. The van der Waals surface area contributed by atoms with E-state index in [1.54, 1.807) is 0 Å². The van der Waals surface area contributed by atoms with Crippen LogP contribution in [0.1, 0.15) is 43.4 Å². The topological polar surface area (TPSA) is 33.7 Å². The van der Waals surface area contributed by atoms with Crippen LogP contribution in [0.2, 0.25) is 0 Å². The first-order valence-corrected chi connectivity index (χ1v) is 11.4. The number of hydrogen-bond acceptors (Lipinski definition) is 5. The highest BCUT2D eigenvalue weighted by Gasteiger charge is 2.22. The standard InChI is InChI=1S/C23H30N2O2S/c1-2-20(25-14-5-15-28-25)12-13-24-16-18-8-10-19(11-9-18)23-17-26-21-6-3-4-7-22(21)27-23/h3-4,6-11,20,23-24H,2,5,12-17H2,1H3/t20?,23-/m1/s1. The van der Waals surface area contributed by atoms with Gasteiger partial charge in [-0.05, 0) is 49.1 Å². The summed E-state index contributed by atoms with van der Waals surface area (Å²) in [7, 11) is 0. The summed E-state index contributed by atoms with van der Waals surface area (Å²) in [4.78, 5) is 0. The van der Waals surface area contributed by atoms with Crippen molar-refractivity contribution in [1.82, 2.24) is 9.62 Å². The first kappa shape index (κ1) is 19.6. The van der Waals surface area contributed by atoms with Crippen LogP contribution in [0.4, 0.5) is 0 Å². The number of benzene rings is 2. The number of hydrogen-bond donors (Lipinski definition) is 1. The normalized spacial score (nSPS) is 20.2. The number of nitrogens with zero attached hydrogens (tertiary/aromatic N) is 1. The molecule has 5 heteroatoms. The van der Waals surface area contributed by atoms with Crippen LogP contribution in [-0.4, -0.2) is 35.8 Å². The molecule has 1 unspecified atom stereocenters. The highest BCUT2D eigenvalue weighted by Crippen LogP contribution is 2.35. The SMILES string of the molecule is CCC(CCNCc1ccc([C@H]2COc3ccccc3O2)cc1)N1CCCS1. The molecule has 0 aromatic heterocycles. The van der Waals surface area contributed by atoms with Gasteiger partial charge in [0.25, 0.3) is 0 Å². The van der Waals surface area contributed by atoms with Gasteiger partial charge in [0.2, 0.25) is 0 Å². The summed E-state index contributed by atoms with van der Waals surface area (Å²) in [5.41, 5.74) is 2.47. The van der Waals surface area contributed by atoms with Crippen molar-refractivity contribution in [2.24, 2.45) is 0 Å². The molecule has 0 bridgehead atoms. The van der Waals surface area contributed by atoms with Crippen molar-refractivity contribution in [1.29, 1.82) is 0 Å². The summed E-state index contributed by atoms with van der Waals surface area (Å²) in [5.74, 6) is 2.95. The zero-order chi connectivity index (χ0) is 19.2. The predicted molar refractivity (Wildman–Crippen MR) is 116 cm³/mol. The van der Waals surface area contributed by atoms with Gasteiger partial charge in [-0.15, -0.1) is 0 Å². The van der Waals surface area contributed by atoms with E-state index in [-0.39, 0.29) is 6.10 Å². The molecular formula is C23H30N2O2S. The van der Waals surface area contributed by atoms with Crippen molar-refractivity contribution < 1.29 is 9.47 Å². The molecule has 4 nitrogen and oxygen atoms in total. The van der Waals surface area contributed by atoms with Gasteiger partial charge in [-0.3, -0.25) is 0 Å². The van der Waals surface area contributed by atoms with E-state index in [4.69, 9.17) is 9.47 Å². The molecule has 2 aliphatic rings. The Morgan fingerprint density at radius 1 is 1.14 bits per heavy atom. The Bertz CT molecular complexity index is 747. The van der Waals surface area contributed by atoms with E-state index >= 15 is 0 Å². The maximum atomic E-state index is 6.10. The van der Waals surface area contributed by atoms with Crippen LogP contribution < -0.4 is 14.8 Å². The van der Waals surface area contributed by atoms with Gasteiger partial charge < -0.3 is 14.8 Å². The minimum absolute atomic E-state index is 0.0415. The van der Waals surface area contributed by atoms with Gasteiger partial charge in [0.05, 0.1) is 0 Å². The third-order valence-electron chi connectivity index (χ3n) is 5.50. The fourth-order valence-corrected chi connectivity index (χ4v) is 5.06. The first-order valence-electron chi connectivity index (χ1n) is 10.4. The number of ether oxygens (including phenoxy) is 2. The largest absolute Gasteiger partial charge is 0.485 e. The third-order valence-corrected chi connectivity index (χ3v) is 6.79. The van der Waals surface area contributed by atoms with Crippen molar-refractivity contribution in [3.8, 4) is 11.5 Å². The Morgan fingerprint density at radius 2 is 1.96 bits per heavy atom. The summed E-state index contributed by atoms with van der Waals surface area (Å²) in [5, 5.41) is 3.61. The average molecular weight is 399 g/mol. The van der Waals surface area contributed by atoms with Gasteiger partial charge in [0, 0.05) is 24.9 Å². The molecule has 0 radical (unpaired) electrons. The van der Waals surface area contributed by atoms with Crippen LogP contribution in [0, 0.1) is 0 Å². The lowest BCUT2D eigenvalue weighted by Crippen LogP contribution is -2.30. The van der Waals surface area contributed by atoms with Crippen molar-refractivity contribution >= 4 is 11.9 Å². The summed E-state index contributed by atoms with van der Waals surface area (Å²) in [6, 6.07) is 17.3. The maximum Gasteiger partial charge on any atom is 0.162 e. The Balaban J connectivity index is 1.24. The van der Waals surface area contributed by atoms with Crippen LogP contribution in [0.15, 0.2) is 48.5 Å². The number of para-hydroxylation sites is 2. The summed E-state index contributed by atoms with van der Waals surface area (Å²) in [6.07, 6.45) is 3.74. The maximum absolute atomic E-state index is 6.10. The van der Waals surface area contributed by atoms with E-state index in [1.807, 2.05) is 36.2 Å². The Labute approximate surface area is 172 Å². The second kappa shape index (κ2) is 9.68. The Kier molecular flexibility index (Phi) is 6.78. The van der Waals surface area contributed by atoms with Gasteiger partial charge >= 0.3 is 0 Å². The lowest BCUT2D eigenvalue weighted by molar-refractivity contribution is 0.0913. The fraction of sp³-hybridized carbons (Fsp3) is 0.478. The highest BCUT2D eigenvalue weighted by atomic mass is 32.2. The van der Waals surface area contributed by atoms with Gasteiger partial charge in [-0.25, -0.2) is 4.31 Å². The number of rotatable bonds is 8. The van der Waals surface area contributed by atoms with E-state index in [2.05, 4.69) is 40.8 Å². The minimum Gasteiger partial charge on any atom is -0.485 e. The molecule has 1 saturated heterocycles. The molecule has 2 aromatic carbocycles. The van der Waals surface area contributed by atoms with Crippen LogP contribution in [0.5, 0.6) is 11.5 Å². The minimum atomic E-state index is -0.0415. The van der Waals surface area contributed by atoms with Crippen LogP contribution in [0.3, 0.4) is 0 Å². The molecule has 0 amide bonds. The van der Waals surface area contributed by atoms with E-state index in [0.717, 1.165) is 30.2 Å². The van der Waals surface area contributed by atoms with E-state index in [1.165, 1.54) is 37.1 Å². The molecule has 1 N–H and O–H groups in total. The summed E-state index contributed by atoms with van der Waals surface area (Å²) in [6.45, 7) is 6.09. The molecule has 0 saturated carbocycles. The van der Waals surface area contributed by atoms with Gasteiger partial charge in [0.1, 0.15) is 6.61 Å². The van der Waals surface area contributed by atoms with Crippen molar-refractivity contribution in [3.05, 3.63) is 59.7 Å². The molecule has 2 heterocycles. The lowest BCUT2D eigenvalue weighted by atomic mass is 10.1. The Hall–Kier alpha value is -1.69. The van der Waals surface area contributed by atoms with Crippen LogP contribution in [-0.2, 0) is 6.54 Å². The highest BCUT2D eigenvalue weighted by molar-refractivity contribution is 7.97. The zero-order valence-electron chi connectivity index (χ0n) is 16.6.